The van der Waals surface area contributed by atoms with Crippen molar-refractivity contribution in [2.24, 2.45) is 0 Å². The average Bonchev–Trinajstić information content (AvgIpc) is 3.60. The Morgan fingerprint density at radius 3 is 2.69 bits per heavy atom. The lowest BCUT2D eigenvalue weighted by Crippen LogP contribution is -2.46. The molecule has 0 bridgehead atoms. The summed E-state index contributed by atoms with van der Waals surface area (Å²) in [5.41, 5.74) is 4.33. The lowest BCUT2D eigenvalue weighted by atomic mass is 10.0. The molecule has 42 heavy (non-hydrogen) atoms. The number of benzene rings is 2. The van der Waals surface area contributed by atoms with Gasteiger partial charge in [-0.25, -0.2) is 4.98 Å². The molecular weight excluding hydrogens is 524 g/mol. The van der Waals surface area contributed by atoms with Crippen molar-refractivity contribution in [2.75, 3.05) is 58.3 Å². The van der Waals surface area contributed by atoms with E-state index in [1.807, 2.05) is 17.0 Å². The molecule has 2 aromatic carbocycles. The van der Waals surface area contributed by atoms with Gasteiger partial charge in [-0.2, -0.15) is 0 Å². The zero-order chi connectivity index (χ0) is 28.6. The number of rotatable bonds is 7. The zero-order valence-corrected chi connectivity index (χ0v) is 25.1. The van der Waals surface area contributed by atoms with Gasteiger partial charge in [-0.1, -0.05) is 6.07 Å². The Hall–Kier alpha value is -3.20. The number of nitrogens with zero attached hydrogens (tertiary/aromatic N) is 5. The first kappa shape index (κ1) is 27.6. The van der Waals surface area contributed by atoms with Gasteiger partial charge in [-0.05, 0) is 106 Å². The van der Waals surface area contributed by atoms with Crippen molar-refractivity contribution in [3.63, 3.8) is 0 Å². The molecule has 4 aliphatic heterocycles. The summed E-state index contributed by atoms with van der Waals surface area (Å²) in [6.45, 7) is 7.63. The van der Waals surface area contributed by atoms with Crippen LogP contribution in [0, 0.1) is 0 Å². The standard InChI is InChI=1S/C34H44N6O2/c1-37(2)27-11-16-39(17-12-27)33-10-6-25-18-24(5-9-32(25)36-33)21-38-15-13-30(23-38)42-29-7-8-31-26(19-29)22-40(34(31)41)28-4-3-14-35-20-28/h5-10,18-19,27-28,30,35H,3-4,11-17,20-23H2,1-2H3/t28?,30-/m0/s1. The van der Waals surface area contributed by atoms with Crippen molar-refractivity contribution in [3.05, 3.63) is 65.2 Å². The van der Waals surface area contributed by atoms with Crippen molar-refractivity contribution in [2.45, 2.75) is 63.4 Å². The molecular formula is C34H44N6O2. The van der Waals surface area contributed by atoms with Gasteiger partial charge in [0.15, 0.2) is 0 Å². The molecule has 3 saturated heterocycles. The highest BCUT2D eigenvalue weighted by molar-refractivity contribution is 5.98. The molecule has 4 aliphatic rings. The van der Waals surface area contributed by atoms with Crippen LogP contribution in [0.4, 0.5) is 5.82 Å². The third kappa shape index (κ3) is 5.72. The summed E-state index contributed by atoms with van der Waals surface area (Å²) in [5.74, 6) is 2.15. The third-order valence-corrected chi connectivity index (χ3v) is 9.82. The highest BCUT2D eigenvalue weighted by Gasteiger charge is 2.34. The van der Waals surface area contributed by atoms with Gasteiger partial charge in [0.05, 0.1) is 5.52 Å². The van der Waals surface area contributed by atoms with Crippen molar-refractivity contribution in [3.8, 4) is 5.75 Å². The molecule has 1 aromatic heterocycles. The fourth-order valence-electron chi connectivity index (χ4n) is 7.32. The number of likely N-dealkylation sites (tertiary alicyclic amines) is 1. The summed E-state index contributed by atoms with van der Waals surface area (Å²) >= 11 is 0. The maximum atomic E-state index is 13.0. The number of pyridine rings is 1. The Labute approximate surface area is 249 Å². The number of piperidine rings is 2. The molecule has 8 heteroatoms. The first-order valence-corrected chi connectivity index (χ1v) is 15.8. The largest absolute Gasteiger partial charge is 0.489 e. The Kier molecular flexibility index (Phi) is 7.78. The Morgan fingerprint density at radius 1 is 1.00 bits per heavy atom. The van der Waals surface area contributed by atoms with E-state index in [1.165, 1.54) is 23.8 Å². The second-order valence-corrected chi connectivity index (χ2v) is 12.9. The van der Waals surface area contributed by atoms with E-state index in [0.717, 1.165) is 93.3 Å². The van der Waals surface area contributed by atoms with Crippen LogP contribution in [-0.2, 0) is 13.1 Å². The number of hydrogen-bond acceptors (Lipinski definition) is 7. The van der Waals surface area contributed by atoms with E-state index in [0.29, 0.717) is 18.6 Å². The van der Waals surface area contributed by atoms with Crippen LogP contribution in [0.2, 0.25) is 0 Å². The number of aromatic nitrogens is 1. The fourth-order valence-corrected chi connectivity index (χ4v) is 7.32. The number of carbonyl (C=O) groups is 1. The van der Waals surface area contributed by atoms with E-state index in [2.05, 4.69) is 70.5 Å². The minimum Gasteiger partial charge on any atom is -0.489 e. The van der Waals surface area contributed by atoms with E-state index in [1.54, 1.807) is 0 Å². The lowest BCUT2D eigenvalue weighted by Gasteiger charge is -2.35. The van der Waals surface area contributed by atoms with Gasteiger partial charge in [-0.3, -0.25) is 9.69 Å². The fraction of sp³-hybridized carbons (Fsp3) is 0.529. The second kappa shape index (κ2) is 11.8. The van der Waals surface area contributed by atoms with E-state index >= 15 is 0 Å². The van der Waals surface area contributed by atoms with E-state index < -0.39 is 0 Å². The highest BCUT2D eigenvalue weighted by Crippen LogP contribution is 2.31. The van der Waals surface area contributed by atoms with Crippen LogP contribution in [-0.4, -0.2) is 97.1 Å². The number of carbonyl (C=O) groups excluding carboxylic acids is 1. The monoisotopic (exact) mass is 568 g/mol. The highest BCUT2D eigenvalue weighted by atomic mass is 16.5. The molecule has 222 valence electrons. The molecule has 8 nitrogen and oxygen atoms in total. The first-order valence-electron chi connectivity index (χ1n) is 15.8. The Bertz CT molecular complexity index is 1430. The van der Waals surface area contributed by atoms with Crippen LogP contribution in [0.25, 0.3) is 10.9 Å². The Morgan fingerprint density at radius 2 is 1.88 bits per heavy atom. The molecule has 2 atom stereocenters. The number of ether oxygens (including phenoxy) is 1. The maximum absolute atomic E-state index is 13.0. The summed E-state index contributed by atoms with van der Waals surface area (Å²) in [7, 11) is 4.37. The second-order valence-electron chi connectivity index (χ2n) is 12.9. The minimum atomic E-state index is 0.167. The van der Waals surface area contributed by atoms with Crippen LogP contribution >= 0.6 is 0 Å². The van der Waals surface area contributed by atoms with Gasteiger partial charge < -0.3 is 24.8 Å². The van der Waals surface area contributed by atoms with Crippen molar-refractivity contribution < 1.29 is 9.53 Å². The molecule has 0 saturated carbocycles. The summed E-state index contributed by atoms with van der Waals surface area (Å²) in [4.78, 5) is 27.3. The quantitative estimate of drug-likeness (QED) is 0.460. The summed E-state index contributed by atoms with van der Waals surface area (Å²) in [6.07, 6.45) is 5.77. The molecule has 3 aromatic rings. The molecule has 1 N–H and O–H groups in total. The van der Waals surface area contributed by atoms with Crippen LogP contribution in [0.1, 0.15) is 53.6 Å². The van der Waals surface area contributed by atoms with Crippen LogP contribution in [0.5, 0.6) is 5.75 Å². The summed E-state index contributed by atoms with van der Waals surface area (Å²) in [5, 5.41) is 4.64. The third-order valence-electron chi connectivity index (χ3n) is 9.82. The molecule has 1 unspecified atom stereocenters. The summed E-state index contributed by atoms with van der Waals surface area (Å²) in [6, 6.07) is 18.2. The first-order chi connectivity index (χ1) is 20.5. The summed E-state index contributed by atoms with van der Waals surface area (Å²) < 4.78 is 6.44. The lowest BCUT2D eigenvalue weighted by molar-refractivity contribution is 0.0674. The van der Waals surface area contributed by atoms with Crippen molar-refractivity contribution >= 4 is 22.6 Å². The normalized spacial score (nSPS) is 23.7. The van der Waals surface area contributed by atoms with Gasteiger partial charge in [0.25, 0.3) is 5.91 Å². The maximum Gasteiger partial charge on any atom is 0.254 e. The molecule has 0 radical (unpaired) electrons. The van der Waals surface area contributed by atoms with Gasteiger partial charge in [0.1, 0.15) is 17.7 Å². The van der Waals surface area contributed by atoms with E-state index in [-0.39, 0.29) is 12.0 Å². The van der Waals surface area contributed by atoms with Crippen LogP contribution in [0.3, 0.4) is 0 Å². The number of fused-ring (bicyclic) bond motifs is 2. The van der Waals surface area contributed by atoms with Gasteiger partial charge in [-0.15, -0.1) is 0 Å². The van der Waals surface area contributed by atoms with E-state index in [4.69, 9.17) is 9.72 Å². The van der Waals surface area contributed by atoms with Crippen LogP contribution in [0.15, 0.2) is 48.5 Å². The smallest absolute Gasteiger partial charge is 0.254 e. The molecule has 1 amide bonds. The van der Waals surface area contributed by atoms with Crippen molar-refractivity contribution in [1.29, 1.82) is 0 Å². The number of nitrogens with one attached hydrogen (secondary N) is 1. The van der Waals surface area contributed by atoms with Gasteiger partial charge in [0, 0.05) is 68.8 Å². The van der Waals surface area contributed by atoms with Gasteiger partial charge in [0.2, 0.25) is 0 Å². The molecule has 0 spiro atoms. The minimum absolute atomic E-state index is 0.167. The predicted molar refractivity (Wildman–Crippen MR) is 167 cm³/mol. The molecule has 7 rings (SSSR count). The number of amides is 1. The molecule has 0 aliphatic carbocycles. The van der Waals surface area contributed by atoms with Crippen molar-refractivity contribution in [1.82, 2.24) is 25.0 Å². The predicted octanol–water partition coefficient (Wildman–Crippen LogP) is 4.13. The molecule has 5 heterocycles. The average molecular weight is 569 g/mol. The Balaban J connectivity index is 0.938. The number of hydrogen-bond donors (Lipinski definition) is 1. The molecule has 3 fully saturated rings. The zero-order valence-electron chi connectivity index (χ0n) is 25.1. The topological polar surface area (TPSA) is 64.2 Å². The van der Waals surface area contributed by atoms with E-state index in [9.17, 15) is 4.79 Å². The number of anilines is 1. The van der Waals surface area contributed by atoms with Crippen LogP contribution < -0.4 is 15.0 Å². The van der Waals surface area contributed by atoms with Gasteiger partial charge >= 0.3 is 0 Å². The SMILES string of the molecule is CN(C)C1CCN(c2ccc3cc(CN4CC[C@H](Oc5ccc6c(c5)CN(C5CCCNC5)C6=O)C4)ccc3n2)CC1.